The van der Waals surface area contributed by atoms with Gasteiger partial charge in [0.05, 0.1) is 25.8 Å². The number of esters is 1. The number of amides is 2. The van der Waals surface area contributed by atoms with Gasteiger partial charge in [-0.05, 0) is 35.4 Å². The summed E-state index contributed by atoms with van der Waals surface area (Å²) in [5.41, 5.74) is 3.16. The number of methoxy groups -OCH3 is 1. The number of hydrogen-bond donors (Lipinski definition) is 2. The van der Waals surface area contributed by atoms with Crippen molar-refractivity contribution in [2.24, 2.45) is 0 Å². The molecule has 7 nitrogen and oxygen atoms in total. The fourth-order valence-corrected chi connectivity index (χ4v) is 2.73. The molecule has 3 rings (SSSR count). The Labute approximate surface area is 155 Å². The Bertz CT molecular complexity index is 901. The van der Waals surface area contributed by atoms with Crippen molar-refractivity contribution in [3.63, 3.8) is 0 Å². The van der Waals surface area contributed by atoms with Gasteiger partial charge < -0.3 is 15.2 Å². The zero-order valence-electron chi connectivity index (χ0n) is 14.6. The Hall–Kier alpha value is -3.45. The fraction of sp³-hybridized carbons (Fsp3) is 0.150. The maximum Gasteiger partial charge on any atom is 0.337 e. The Morgan fingerprint density at radius 1 is 1.04 bits per heavy atom. The van der Waals surface area contributed by atoms with Gasteiger partial charge in [-0.15, -0.1) is 0 Å². The normalized spacial score (nSPS) is 13.6. The van der Waals surface area contributed by atoms with Crippen LogP contribution in [-0.4, -0.2) is 48.1 Å². The number of anilines is 1. The van der Waals surface area contributed by atoms with Crippen LogP contribution in [0, 0.1) is 0 Å². The summed E-state index contributed by atoms with van der Waals surface area (Å²) in [6.07, 6.45) is 1.22. The van der Waals surface area contributed by atoms with Crippen LogP contribution in [0.4, 0.5) is 5.69 Å². The van der Waals surface area contributed by atoms with Crippen LogP contribution in [0.1, 0.15) is 10.4 Å². The number of aliphatic hydroxyl groups is 1. The number of benzene rings is 2. The number of hydrogen-bond acceptors (Lipinski definition) is 6. The monoisotopic (exact) mass is 366 g/mol. The number of imide groups is 1. The minimum absolute atomic E-state index is 0.0279. The first kappa shape index (κ1) is 18.3. The Balaban J connectivity index is 1.71. The van der Waals surface area contributed by atoms with E-state index in [1.807, 2.05) is 24.3 Å². The summed E-state index contributed by atoms with van der Waals surface area (Å²) in [4.78, 5) is 36.4. The average Bonchev–Trinajstić information content (AvgIpc) is 2.96. The van der Waals surface area contributed by atoms with Crippen LogP contribution >= 0.6 is 0 Å². The summed E-state index contributed by atoms with van der Waals surface area (Å²) in [7, 11) is 1.34. The van der Waals surface area contributed by atoms with Crippen molar-refractivity contribution in [3.8, 4) is 11.1 Å². The molecule has 2 aromatic carbocycles. The van der Waals surface area contributed by atoms with Crippen molar-refractivity contribution in [2.45, 2.75) is 0 Å². The third-order valence-electron chi connectivity index (χ3n) is 4.14. The second-order valence-electron chi connectivity index (χ2n) is 5.85. The molecule has 1 aliphatic heterocycles. The van der Waals surface area contributed by atoms with Gasteiger partial charge in [0, 0.05) is 11.8 Å². The van der Waals surface area contributed by atoms with E-state index in [1.54, 1.807) is 24.3 Å². The van der Waals surface area contributed by atoms with Gasteiger partial charge in [-0.1, -0.05) is 24.3 Å². The maximum atomic E-state index is 12.1. The van der Waals surface area contributed by atoms with Crippen LogP contribution in [0.15, 0.2) is 60.3 Å². The zero-order chi connectivity index (χ0) is 19.4. The quantitative estimate of drug-likeness (QED) is 0.598. The summed E-state index contributed by atoms with van der Waals surface area (Å²) in [5.74, 6) is -1.30. The van der Waals surface area contributed by atoms with Crippen molar-refractivity contribution in [2.75, 3.05) is 25.6 Å². The number of carbonyl (C=O) groups excluding carboxylic acids is 3. The number of β-amino-alcohol motifs (C(OH)–C–C–N with tert-alkyl or cyclic N) is 1. The molecule has 0 fully saturated rings. The van der Waals surface area contributed by atoms with Gasteiger partial charge in [-0.2, -0.15) is 0 Å². The molecule has 0 bridgehead atoms. The molecular formula is C20H18N2O5. The lowest BCUT2D eigenvalue weighted by Crippen LogP contribution is -2.34. The van der Waals surface area contributed by atoms with Crippen LogP contribution in [0.25, 0.3) is 11.1 Å². The van der Waals surface area contributed by atoms with E-state index in [4.69, 9.17) is 5.11 Å². The summed E-state index contributed by atoms with van der Waals surface area (Å²) >= 11 is 0. The molecule has 0 saturated carbocycles. The molecule has 2 N–H and O–H groups in total. The summed E-state index contributed by atoms with van der Waals surface area (Å²) in [6, 6.07) is 14.3. The molecule has 0 atom stereocenters. The number of nitrogens with one attached hydrogen (secondary N) is 1. The van der Waals surface area contributed by atoms with E-state index < -0.39 is 11.8 Å². The third-order valence-corrected chi connectivity index (χ3v) is 4.14. The van der Waals surface area contributed by atoms with Crippen molar-refractivity contribution in [3.05, 3.63) is 65.9 Å². The smallest absolute Gasteiger partial charge is 0.337 e. The van der Waals surface area contributed by atoms with Gasteiger partial charge in [0.1, 0.15) is 5.70 Å². The molecule has 0 saturated heterocycles. The highest BCUT2D eigenvalue weighted by atomic mass is 16.5. The second kappa shape index (κ2) is 7.84. The van der Waals surface area contributed by atoms with E-state index in [1.165, 1.54) is 13.2 Å². The Morgan fingerprint density at radius 3 is 2.19 bits per heavy atom. The van der Waals surface area contributed by atoms with Gasteiger partial charge in [0.25, 0.3) is 11.8 Å². The minimum Gasteiger partial charge on any atom is -0.465 e. The standard InChI is InChI=1S/C20H18N2O5/c1-27-20(26)15-4-2-13(3-5-15)14-6-8-16(9-7-14)21-17-12-18(24)22(10-11-23)19(17)25/h2-9,12,21,23H,10-11H2,1H3. The van der Waals surface area contributed by atoms with Crippen molar-refractivity contribution in [1.82, 2.24) is 4.90 Å². The third kappa shape index (κ3) is 3.88. The van der Waals surface area contributed by atoms with E-state index in [0.717, 1.165) is 16.0 Å². The molecule has 0 radical (unpaired) electrons. The number of aliphatic hydroxyl groups excluding tert-OH is 1. The van der Waals surface area contributed by atoms with Crippen LogP contribution < -0.4 is 5.32 Å². The summed E-state index contributed by atoms with van der Waals surface area (Å²) < 4.78 is 4.68. The number of rotatable bonds is 6. The SMILES string of the molecule is COC(=O)c1ccc(-c2ccc(NC3=CC(=O)N(CCO)C3=O)cc2)cc1. The zero-order valence-corrected chi connectivity index (χ0v) is 14.6. The van der Waals surface area contributed by atoms with E-state index in [9.17, 15) is 14.4 Å². The second-order valence-corrected chi connectivity index (χ2v) is 5.85. The number of carbonyl (C=O) groups is 3. The van der Waals surface area contributed by atoms with Gasteiger partial charge in [0.2, 0.25) is 0 Å². The van der Waals surface area contributed by atoms with Crippen LogP contribution in [-0.2, 0) is 14.3 Å². The number of nitrogens with zero attached hydrogens (tertiary/aromatic N) is 1. The first-order valence-corrected chi connectivity index (χ1v) is 8.27. The van der Waals surface area contributed by atoms with Crippen molar-refractivity contribution < 1.29 is 24.2 Å². The van der Waals surface area contributed by atoms with Crippen LogP contribution in [0.2, 0.25) is 0 Å². The predicted molar refractivity (Wildman–Crippen MR) is 98.7 cm³/mol. The highest BCUT2D eigenvalue weighted by molar-refractivity contribution is 6.17. The molecule has 7 heteroatoms. The lowest BCUT2D eigenvalue weighted by molar-refractivity contribution is -0.137. The van der Waals surface area contributed by atoms with Crippen LogP contribution in [0.3, 0.4) is 0 Å². The predicted octanol–water partition coefficient (Wildman–Crippen LogP) is 1.80. The molecule has 2 aromatic rings. The van der Waals surface area contributed by atoms with E-state index in [2.05, 4.69) is 10.1 Å². The van der Waals surface area contributed by atoms with Gasteiger partial charge in [-0.25, -0.2) is 4.79 Å². The molecule has 0 aliphatic carbocycles. The number of ether oxygens (including phenoxy) is 1. The van der Waals surface area contributed by atoms with Gasteiger partial charge in [-0.3, -0.25) is 14.5 Å². The molecule has 0 aromatic heterocycles. The van der Waals surface area contributed by atoms with Gasteiger partial charge in [0.15, 0.2) is 0 Å². The van der Waals surface area contributed by atoms with E-state index >= 15 is 0 Å². The fourth-order valence-electron chi connectivity index (χ4n) is 2.73. The highest BCUT2D eigenvalue weighted by Gasteiger charge is 2.30. The minimum atomic E-state index is -0.462. The molecule has 1 aliphatic rings. The first-order valence-electron chi connectivity index (χ1n) is 8.27. The summed E-state index contributed by atoms with van der Waals surface area (Å²) in [6.45, 7) is -0.304. The Kier molecular flexibility index (Phi) is 5.33. The topological polar surface area (TPSA) is 95.9 Å². The first-order chi connectivity index (χ1) is 13.0. The van der Waals surface area contributed by atoms with E-state index in [-0.39, 0.29) is 24.8 Å². The molecule has 0 unspecified atom stereocenters. The molecule has 2 amide bonds. The molecule has 1 heterocycles. The lowest BCUT2D eigenvalue weighted by Gasteiger charge is -2.13. The average molecular weight is 366 g/mol. The van der Waals surface area contributed by atoms with Gasteiger partial charge >= 0.3 is 5.97 Å². The lowest BCUT2D eigenvalue weighted by atomic mass is 10.0. The van der Waals surface area contributed by atoms with Crippen LogP contribution in [0.5, 0.6) is 0 Å². The highest BCUT2D eigenvalue weighted by Crippen LogP contribution is 2.24. The summed E-state index contributed by atoms with van der Waals surface area (Å²) in [5, 5.41) is 11.8. The van der Waals surface area contributed by atoms with Crippen molar-refractivity contribution in [1.29, 1.82) is 0 Å². The van der Waals surface area contributed by atoms with E-state index in [0.29, 0.717) is 11.3 Å². The van der Waals surface area contributed by atoms with Crippen molar-refractivity contribution >= 4 is 23.5 Å². The molecule has 138 valence electrons. The molecule has 27 heavy (non-hydrogen) atoms. The molecular weight excluding hydrogens is 348 g/mol. The Morgan fingerprint density at radius 2 is 1.63 bits per heavy atom. The maximum absolute atomic E-state index is 12.1. The largest absolute Gasteiger partial charge is 0.465 e. The molecule has 0 spiro atoms.